The highest BCUT2D eigenvalue weighted by molar-refractivity contribution is 6.31. The Bertz CT molecular complexity index is 633. The van der Waals surface area contributed by atoms with E-state index >= 15 is 0 Å². The molecule has 0 saturated heterocycles. The minimum Gasteiger partial charge on any atom is -0.383 e. The van der Waals surface area contributed by atoms with Crippen LogP contribution < -0.4 is 5.32 Å². The number of hydrogen-bond donors (Lipinski definition) is 1. The summed E-state index contributed by atoms with van der Waals surface area (Å²) in [5.74, 6) is 0. The van der Waals surface area contributed by atoms with Gasteiger partial charge in [0.2, 0.25) is 0 Å². The molecule has 0 atom stereocenters. The molecule has 0 aliphatic heterocycles. The van der Waals surface area contributed by atoms with E-state index in [1.165, 1.54) is 0 Å². The van der Waals surface area contributed by atoms with Gasteiger partial charge in [-0.3, -0.25) is 0 Å². The first-order chi connectivity index (χ1) is 10.2. The maximum absolute atomic E-state index is 8.83. The first-order valence-corrected chi connectivity index (χ1v) is 6.99. The summed E-state index contributed by atoms with van der Waals surface area (Å²) < 4.78 is 6.94. The smallest absolute Gasteiger partial charge is 0.0992 e. The Hall–Kier alpha value is -1.87. The topological polar surface area (TPSA) is 62.9 Å². The minimum absolute atomic E-state index is 0.567. The van der Waals surface area contributed by atoms with Crippen molar-refractivity contribution in [3.63, 3.8) is 0 Å². The molecule has 2 aromatic rings. The van der Waals surface area contributed by atoms with Crippen LogP contribution in [0.2, 0.25) is 5.02 Å². The van der Waals surface area contributed by atoms with E-state index in [-0.39, 0.29) is 0 Å². The third-order valence-corrected chi connectivity index (χ3v) is 3.36. The van der Waals surface area contributed by atoms with Gasteiger partial charge in [0.1, 0.15) is 0 Å². The van der Waals surface area contributed by atoms with Crippen molar-refractivity contribution in [3.8, 4) is 6.07 Å². The lowest BCUT2D eigenvalue weighted by Gasteiger charge is -2.05. The van der Waals surface area contributed by atoms with Crippen molar-refractivity contribution in [1.82, 2.24) is 14.9 Å². The molecule has 21 heavy (non-hydrogen) atoms. The number of nitriles is 1. The molecule has 0 bridgehead atoms. The average Bonchev–Trinajstić information content (AvgIpc) is 2.93. The second-order valence-electron chi connectivity index (χ2n) is 4.62. The van der Waals surface area contributed by atoms with Crippen LogP contribution in [0.25, 0.3) is 0 Å². The fourth-order valence-corrected chi connectivity index (χ4v) is 2.16. The predicted octanol–water partition coefficient (Wildman–Crippen LogP) is 2.19. The number of aromatic nitrogens is 2. The van der Waals surface area contributed by atoms with Crippen LogP contribution in [-0.2, 0) is 17.8 Å². The third kappa shape index (κ3) is 4.57. The summed E-state index contributed by atoms with van der Waals surface area (Å²) in [7, 11) is 1.68. The second-order valence-corrected chi connectivity index (χ2v) is 5.03. The highest BCUT2D eigenvalue weighted by Gasteiger charge is 2.04. The molecule has 1 heterocycles. The molecule has 0 aliphatic carbocycles. The molecule has 1 aromatic carbocycles. The van der Waals surface area contributed by atoms with E-state index in [1.807, 2.05) is 16.8 Å². The highest BCUT2D eigenvalue weighted by atomic mass is 35.5. The SMILES string of the molecule is COCCNCc1cn(Cc2ccc(C#N)cc2Cl)cn1. The summed E-state index contributed by atoms with van der Waals surface area (Å²) in [4.78, 5) is 4.34. The summed E-state index contributed by atoms with van der Waals surface area (Å²) in [5, 5.41) is 12.7. The maximum Gasteiger partial charge on any atom is 0.0992 e. The lowest BCUT2D eigenvalue weighted by Crippen LogP contribution is -2.18. The Kier molecular flexibility index (Phi) is 5.76. The van der Waals surface area contributed by atoms with Crippen molar-refractivity contribution < 1.29 is 4.74 Å². The lowest BCUT2D eigenvalue weighted by atomic mass is 10.1. The van der Waals surface area contributed by atoms with Crippen LogP contribution in [-0.4, -0.2) is 29.8 Å². The number of nitrogens with zero attached hydrogens (tertiary/aromatic N) is 3. The number of hydrogen-bond acceptors (Lipinski definition) is 4. The summed E-state index contributed by atoms with van der Waals surface area (Å²) in [6.45, 7) is 2.82. The number of methoxy groups -OCH3 is 1. The number of rotatable bonds is 7. The Morgan fingerprint density at radius 1 is 1.48 bits per heavy atom. The van der Waals surface area contributed by atoms with Crippen LogP contribution in [0.5, 0.6) is 0 Å². The van der Waals surface area contributed by atoms with Crippen LogP contribution in [0.1, 0.15) is 16.8 Å². The van der Waals surface area contributed by atoms with E-state index in [1.54, 1.807) is 25.6 Å². The number of imidazole rings is 1. The van der Waals surface area contributed by atoms with Crippen LogP contribution in [0.15, 0.2) is 30.7 Å². The van der Waals surface area contributed by atoms with Gasteiger partial charge in [0, 0.05) is 38.0 Å². The molecule has 0 unspecified atom stereocenters. The zero-order valence-electron chi connectivity index (χ0n) is 11.8. The molecule has 1 aromatic heterocycles. The average molecular weight is 305 g/mol. The van der Waals surface area contributed by atoms with Gasteiger partial charge in [0.25, 0.3) is 0 Å². The molecule has 1 N–H and O–H groups in total. The van der Waals surface area contributed by atoms with Crippen molar-refractivity contribution >= 4 is 11.6 Å². The first kappa shape index (κ1) is 15.5. The van der Waals surface area contributed by atoms with Gasteiger partial charge < -0.3 is 14.6 Å². The summed E-state index contributed by atoms with van der Waals surface area (Å²) in [6.07, 6.45) is 3.76. The van der Waals surface area contributed by atoms with Crippen LogP contribution >= 0.6 is 11.6 Å². The van der Waals surface area contributed by atoms with E-state index < -0.39 is 0 Å². The molecular weight excluding hydrogens is 288 g/mol. The van der Waals surface area contributed by atoms with E-state index in [0.29, 0.717) is 30.3 Å². The fraction of sp³-hybridized carbons (Fsp3) is 0.333. The largest absolute Gasteiger partial charge is 0.383 e. The van der Waals surface area contributed by atoms with Gasteiger partial charge in [-0.05, 0) is 17.7 Å². The van der Waals surface area contributed by atoms with Crippen molar-refractivity contribution in [1.29, 1.82) is 5.26 Å². The standard InChI is InChI=1S/C15H17ClN4O/c1-21-5-4-18-8-14-10-20(11-19-14)9-13-3-2-12(7-17)6-15(13)16/h2-3,6,10-11,18H,4-5,8-9H2,1H3. The fourth-order valence-electron chi connectivity index (χ4n) is 1.92. The molecule has 6 heteroatoms. The molecule has 110 valence electrons. The summed E-state index contributed by atoms with van der Waals surface area (Å²) in [5.41, 5.74) is 2.50. The van der Waals surface area contributed by atoms with Gasteiger partial charge in [0.05, 0.1) is 30.3 Å². The number of halogens is 1. The van der Waals surface area contributed by atoms with Crippen LogP contribution in [0.4, 0.5) is 0 Å². The zero-order chi connectivity index (χ0) is 15.1. The van der Waals surface area contributed by atoms with Crippen molar-refractivity contribution in [2.45, 2.75) is 13.1 Å². The number of benzene rings is 1. The quantitative estimate of drug-likeness (QED) is 0.797. The maximum atomic E-state index is 8.83. The van der Waals surface area contributed by atoms with Crippen LogP contribution in [0.3, 0.4) is 0 Å². The molecule has 5 nitrogen and oxygen atoms in total. The van der Waals surface area contributed by atoms with Gasteiger partial charge in [-0.1, -0.05) is 17.7 Å². The molecule has 0 amide bonds. The number of nitrogens with one attached hydrogen (secondary N) is 1. The summed E-state index contributed by atoms with van der Waals surface area (Å²) in [6, 6.07) is 7.40. The Morgan fingerprint density at radius 2 is 2.33 bits per heavy atom. The van der Waals surface area contributed by atoms with Gasteiger partial charge in [0.15, 0.2) is 0 Å². The predicted molar refractivity (Wildman–Crippen MR) is 81.1 cm³/mol. The lowest BCUT2D eigenvalue weighted by molar-refractivity contribution is 0.199. The van der Waals surface area contributed by atoms with E-state index in [2.05, 4.69) is 16.4 Å². The van der Waals surface area contributed by atoms with Gasteiger partial charge in [-0.15, -0.1) is 0 Å². The van der Waals surface area contributed by atoms with Gasteiger partial charge in [-0.2, -0.15) is 5.26 Å². The van der Waals surface area contributed by atoms with Crippen molar-refractivity contribution in [2.75, 3.05) is 20.3 Å². The first-order valence-electron chi connectivity index (χ1n) is 6.61. The monoisotopic (exact) mass is 304 g/mol. The van der Waals surface area contributed by atoms with E-state index in [9.17, 15) is 0 Å². The molecule has 0 fully saturated rings. The molecule has 0 saturated carbocycles. The normalized spacial score (nSPS) is 10.5. The molecule has 2 rings (SSSR count). The molecular formula is C15H17ClN4O. The van der Waals surface area contributed by atoms with Gasteiger partial charge >= 0.3 is 0 Å². The summed E-state index contributed by atoms with van der Waals surface area (Å²) >= 11 is 6.17. The second kappa shape index (κ2) is 7.79. The van der Waals surface area contributed by atoms with Gasteiger partial charge in [-0.25, -0.2) is 4.98 Å². The molecule has 0 radical (unpaired) electrons. The van der Waals surface area contributed by atoms with Crippen molar-refractivity contribution in [3.05, 3.63) is 52.6 Å². The molecule has 0 spiro atoms. The highest BCUT2D eigenvalue weighted by Crippen LogP contribution is 2.18. The van der Waals surface area contributed by atoms with Crippen LogP contribution in [0, 0.1) is 11.3 Å². The van der Waals surface area contributed by atoms with Crippen molar-refractivity contribution in [2.24, 2.45) is 0 Å². The molecule has 0 aliphatic rings. The Balaban J connectivity index is 1.95. The third-order valence-electron chi connectivity index (χ3n) is 3.01. The van der Waals surface area contributed by atoms with E-state index in [0.717, 1.165) is 17.8 Å². The minimum atomic E-state index is 0.567. The zero-order valence-corrected chi connectivity index (χ0v) is 12.6. The van der Waals surface area contributed by atoms with E-state index in [4.69, 9.17) is 21.6 Å². The Labute approximate surface area is 129 Å². The Morgan fingerprint density at radius 3 is 3.05 bits per heavy atom. The number of ether oxygens (including phenoxy) is 1.